The first-order valence-electron chi connectivity index (χ1n) is 2.96. The fourth-order valence-corrected chi connectivity index (χ4v) is 0.962. The Morgan fingerprint density at radius 2 is 2.00 bits per heavy atom. The predicted molar refractivity (Wildman–Crippen MR) is 36.2 cm³/mol. The number of hydrogen-bond acceptors (Lipinski definition) is 2. The van der Waals surface area contributed by atoms with E-state index in [1.54, 1.807) is 12.1 Å². The number of benzene rings is 1. The molecule has 0 spiro atoms. The van der Waals surface area contributed by atoms with Gasteiger partial charge in [0.05, 0.1) is 0 Å². The standard InChI is InChI=1S/C7H6Cl2O2/c8-7-3-1-6(2-4-7)5-11-9-10/h1-4H,5H2. The van der Waals surface area contributed by atoms with Crippen LogP contribution in [0.25, 0.3) is 0 Å². The van der Waals surface area contributed by atoms with Gasteiger partial charge in [0.15, 0.2) is 0 Å². The van der Waals surface area contributed by atoms with E-state index >= 15 is 0 Å². The first-order valence-corrected chi connectivity index (χ1v) is 3.96. The van der Waals surface area contributed by atoms with Gasteiger partial charge in [0, 0.05) is 5.02 Å². The molecule has 60 valence electrons. The van der Waals surface area contributed by atoms with Gasteiger partial charge in [-0.25, -0.2) is 0 Å². The van der Waals surface area contributed by atoms with Crippen LogP contribution in [0.1, 0.15) is 5.56 Å². The van der Waals surface area contributed by atoms with Crippen LogP contribution in [0.5, 0.6) is 0 Å². The van der Waals surface area contributed by atoms with E-state index in [0.29, 0.717) is 23.0 Å². The summed E-state index contributed by atoms with van der Waals surface area (Å²) in [6.07, 6.45) is 0. The quantitative estimate of drug-likeness (QED) is 0.720. The Hall–Kier alpha value is -0.280. The van der Waals surface area contributed by atoms with E-state index in [9.17, 15) is 4.66 Å². The number of hydrogen-bond donors (Lipinski definition) is 0. The van der Waals surface area contributed by atoms with Crippen molar-refractivity contribution >= 4 is 11.6 Å². The summed E-state index contributed by atoms with van der Waals surface area (Å²) in [5, 5.41) is 0.679. The zero-order chi connectivity index (χ0) is 8.10. The van der Waals surface area contributed by atoms with Crippen LogP contribution in [0.3, 0.4) is 0 Å². The van der Waals surface area contributed by atoms with E-state index in [1.165, 1.54) is 0 Å². The average molecular weight is 193 g/mol. The molecule has 0 atom stereocenters. The lowest BCUT2D eigenvalue weighted by Gasteiger charge is -1.94. The molecule has 1 aromatic carbocycles. The molecule has 1 aromatic rings. The summed E-state index contributed by atoms with van der Waals surface area (Å²) < 4.78 is 14.3. The van der Waals surface area contributed by atoms with E-state index in [2.05, 4.69) is 4.29 Å². The monoisotopic (exact) mass is 192 g/mol. The van der Waals surface area contributed by atoms with Gasteiger partial charge in [-0.1, -0.05) is 28.0 Å². The minimum Gasteiger partial charge on any atom is -0.506 e. The third-order valence-corrected chi connectivity index (χ3v) is 1.63. The molecule has 0 radical (unpaired) electrons. The smallest absolute Gasteiger partial charge is 0.331 e. The molecule has 0 bridgehead atoms. The highest BCUT2D eigenvalue weighted by Gasteiger charge is 1.96. The van der Waals surface area contributed by atoms with Crippen LogP contribution in [0, 0.1) is 11.3 Å². The van der Waals surface area contributed by atoms with Crippen LogP contribution in [0.15, 0.2) is 24.3 Å². The Morgan fingerprint density at radius 1 is 1.36 bits per heavy atom. The van der Waals surface area contributed by atoms with E-state index in [4.69, 9.17) is 11.6 Å². The summed E-state index contributed by atoms with van der Waals surface area (Å²) in [6, 6.07) is 7.13. The lowest BCUT2D eigenvalue weighted by Crippen LogP contribution is -2.03. The third-order valence-electron chi connectivity index (χ3n) is 1.18. The number of halogens is 2. The Bertz CT molecular complexity index is 210. The highest BCUT2D eigenvalue weighted by Crippen LogP contribution is 2.09. The van der Waals surface area contributed by atoms with Crippen molar-refractivity contribution in [2.24, 2.45) is 0 Å². The van der Waals surface area contributed by atoms with Crippen molar-refractivity contribution in [1.29, 1.82) is 0 Å². The molecule has 0 aromatic heterocycles. The second-order valence-electron chi connectivity index (χ2n) is 1.94. The molecule has 0 unspecified atom stereocenters. The maximum atomic E-state index is 9.78. The van der Waals surface area contributed by atoms with Crippen molar-refractivity contribution in [3.8, 4) is 0 Å². The van der Waals surface area contributed by atoms with E-state index < -0.39 is 0 Å². The molecular weight excluding hydrogens is 187 g/mol. The van der Waals surface area contributed by atoms with Crippen molar-refractivity contribution < 1.29 is 20.3 Å². The minimum absolute atomic E-state index is 0.300. The van der Waals surface area contributed by atoms with Crippen LogP contribution in [0.2, 0.25) is 5.02 Å². The zero-order valence-electron chi connectivity index (χ0n) is 5.59. The van der Waals surface area contributed by atoms with Crippen LogP contribution < -0.4 is 4.66 Å². The lowest BCUT2D eigenvalue weighted by atomic mass is 10.2. The fourth-order valence-electron chi connectivity index (χ4n) is 0.666. The Kier molecular flexibility index (Phi) is 3.66. The molecule has 0 heterocycles. The maximum absolute atomic E-state index is 9.78. The first-order chi connectivity index (χ1) is 5.33. The molecule has 0 N–H and O–H groups in total. The van der Waals surface area contributed by atoms with Gasteiger partial charge in [0.2, 0.25) is 0 Å². The highest BCUT2D eigenvalue weighted by atomic mass is 35.6. The molecule has 0 amide bonds. The van der Waals surface area contributed by atoms with Crippen LogP contribution in [0.4, 0.5) is 0 Å². The topological polar surface area (TPSA) is 32.3 Å². The molecule has 0 aliphatic carbocycles. The minimum atomic E-state index is 0.300. The molecule has 4 heteroatoms. The molecule has 0 fully saturated rings. The summed E-state index contributed by atoms with van der Waals surface area (Å²) in [5.74, 6) is 0. The Morgan fingerprint density at radius 3 is 2.55 bits per heavy atom. The molecule has 0 saturated carbocycles. The van der Waals surface area contributed by atoms with Crippen molar-refractivity contribution in [2.45, 2.75) is 6.61 Å². The Labute approximate surface area is 73.8 Å². The third kappa shape index (κ3) is 3.08. The van der Waals surface area contributed by atoms with Gasteiger partial charge in [-0.05, 0) is 17.7 Å². The van der Waals surface area contributed by atoms with Gasteiger partial charge >= 0.3 is 11.3 Å². The largest absolute Gasteiger partial charge is 0.506 e. The van der Waals surface area contributed by atoms with Gasteiger partial charge in [0.25, 0.3) is 0 Å². The van der Waals surface area contributed by atoms with E-state index in [1.807, 2.05) is 12.1 Å². The van der Waals surface area contributed by atoms with Crippen LogP contribution >= 0.6 is 11.6 Å². The predicted octanol–water partition coefficient (Wildman–Crippen LogP) is 1.13. The van der Waals surface area contributed by atoms with Crippen LogP contribution in [-0.2, 0) is 10.9 Å². The number of rotatable bonds is 3. The van der Waals surface area contributed by atoms with Gasteiger partial charge in [-0.15, -0.1) is 0 Å². The molecule has 0 aliphatic rings. The highest BCUT2D eigenvalue weighted by molar-refractivity contribution is 6.30. The lowest BCUT2D eigenvalue weighted by molar-refractivity contribution is -1.27. The van der Waals surface area contributed by atoms with Crippen molar-refractivity contribution in [2.75, 3.05) is 0 Å². The second-order valence-corrected chi connectivity index (χ2v) is 2.72. The van der Waals surface area contributed by atoms with Gasteiger partial charge in [-0.3, -0.25) is 0 Å². The summed E-state index contributed by atoms with van der Waals surface area (Å²) in [7, 11) is 0. The normalized spacial score (nSPS) is 10.0. The molecule has 2 nitrogen and oxygen atoms in total. The molecule has 11 heavy (non-hydrogen) atoms. The van der Waals surface area contributed by atoms with E-state index in [0.717, 1.165) is 5.56 Å². The summed E-state index contributed by atoms with van der Waals surface area (Å²) in [4.78, 5) is 0. The maximum Gasteiger partial charge on any atom is 0.331 e. The fraction of sp³-hybridized carbons (Fsp3) is 0.143. The van der Waals surface area contributed by atoms with Gasteiger partial charge < -0.3 is 4.66 Å². The summed E-state index contributed by atoms with van der Waals surface area (Å²) >= 11 is 6.16. The Balaban J connectivity index is 2.52. The van der Waals surface area contributed by atoms with Gasteiger partial charge in [-0.2, -0.15) is 0 Å². The zero-order valence-corrected chi connectivity index (χ0v) is 7.10. The first kappa shape index (κ1) is 8.81. The average Bonchev–Trinajstić information content (AvgIpc) is 2.04. The summed E-state index contributed by atoms with van der Waals surface area (Å²) in [6.45, 7) is 0.300. The van der Waals surface area contributed by atoms with Crippen molar-refractivity contribution in [3.63, 3.8) is 0 Å². The SMILES string of the molecule is [O-][Cl+]OCc1ccc(Cl)cc1. The van der Waals surface area contributed by atoms with Crippen LogP contribution in [-0.4, -0.2) is 0 Å². The van der Waals surface area contributed by atoms with Gasteiger partial charge in [0.1, 0.15) is 6.61 Å². The summed E-state index contributed by atoms with van der Waals surface area (Å²) in [5.41, 5.74) is 0.928. The van der Waals surface area contributed by atoms with Crippen molar-refractivity contribution in [1.82, 2.24) is 0 Å². The molecule has 0 saturated heterocycles. The van der Waals surface area contributed by atoms with Crippen molar-refractivity contribution in [3.05, 3.63) is 34.9 Å². The molecular formula is C7H6Cl2O2. The molecule has 0 aliphatic heterocycles. The molecule has 1 rings (SSSR count). The second kappa shape index (κ2) is 4.57. The van der Waals surface area contributed by atoms with E-state index in [-0.39, 0.29) is 0 Å².